The van der Waals surface area contributed by atoms with Crippen molar-refractivity contribution in [2.75, 3.05) is 0 Å². The van der Waals surface area contributed by atoms with Gasteiger partial charge in [-0.15, -0.1) is 6.42 Å². The minimum Gasteiger partial charge on any atom is -0.291 e. The van der Waals surface area contributed by atoms with E-state index in [4.69, 9.17) is 6.42 Å². The molecular formula is C9H16OSi. The molecule has 0 rings (SSSR count). The second-order valence-electron chi connectivity index (χ2n) is 4.35. The van der Waals surface area contributed by atoms with E-state index in [1.807, 2.05) is 13.1 Å². The number of carbonyl (C=O) groups excluding carboxylic acids is 1. The van der Waals surface area contributed by atoms with Crippen molar-refractivity contribution >= 4 is 13.5 Å². The molecule has 2 heteroatoms. The van der Waals surface area contributed by atoms with Crippen LogP contribution >= 0.6 is 0 Å². The van der Waals surface area contributed by atoms with Crippen molar-refractivity contribution in [3.8, 4) is 12.3 Å². The molecule has 0 atom stereocenters. The predicted molar refractivity (Wildman–Crippen MR) is 51.0 cm³/mol. The molecule has 0 aliphatic heterocycles. The number of hydrogen-bond donors (Lipinski definition) is 0. The van der Waals surface area contributed by atoms with E-state index < -0.39 is 8.07 Å². The van der Waals surface area contributed by atoms with E-state index >= 15 is 0 Å². The summed E-state index contributed by atoms with van der Waals surface area (Å²) >= 11 is 0. The van der Waals surface area contributed by atoms with Crippen molar-refractivity contribution in [2.24, 2.45) is 0 Å². The molecule has 0 unspecified atom stereocenters. The van der Waals surface area contributed by atoms with Crippen LogP contribution in [0.5, 0.6) is 0 Å². The molecule has 0 aliphatic rings. The molecule has 0 amide bonds. The Morgan fingerprint density at radius 1 is 1.36 bits per heavy atom. The van der Waals surface area contributed by atoms with Crippen molar-refractivity contribution in [1.29, 1.82) is 0 Å². The Morgan fingerprint density at radius 3 is 1.82 bits per heavy atom. The highest BCUT2D eigenvalue weighted by molar-refractivity contribution is 7.08. The van der Waals surface area contributed by atoms with Crippen LogP contribution in [-0.4, -0.2) is 13.5 Å². The lowest BCUT2D eigenvalue weighted by molar-refractivity contribution is -0.108. The van der Waals surface area contributed by atoms with Crippen molar-refractivity contribution in [3.63, 3.8) is 0 Å². The normalized spacial score (nSPS) is 12.4. The lowest BCUT2D eigenvalue weighted by Crippen LogP contribution is -2.45. The molecule has 0 spiro atoms. The summed E-state index contributed by atoms with van der Waals surface area (Å²) < 4.78 is 0. The maximum atomic E-state index is 11.3. The second-order valence-corrected chi connectivity index (χ2v) is 9.55. The van der Waals surface area contributed by atoms with Crippen LogP contribution in [0.2, 0.25) is 18.1 Å². The summed E-state index contributed by atoms with van der Waals surface area (Å²) in [5.74, 6) is 2.23. The van der Waals surface area contributed by atoms with Gasteiger partial charge in [-0.1, -0.05) is 33.9 Å². The standard InChI is InChI=1S/C9H16OSi/c1-7-8(10)11(5,6)9(2,3)4/h1H,2-6H3. The van der Waals surface area contributed by atoms with Gasteiger partial charge in [0.15, 0.2) is 5.41 Å². The third-order valence-corrected chi connectivity index (χ3v) is 7.60. The van der Waals surface area contributed by atoms with Crippen LogP contribution in [0.1, 0.15) is 20.8 Å². The van der Waals surface area contributed by atoms with Gasteiger partial charge in [0.05, 0.1) is 0 Å². The average molecular weight is 168 g/mol. The molecule has 0 saturated carbocycles. The number of carbonyl (C=O) groups is 1. The van der Waals surface area contributed by atoms with Crippen LogP contribution in [0.4, 0.5) is 0 Å². The Bertz CT molecular complexity index is 203. The Labute approximate surface area is 70.2 Å². The highest BCUT2D eigenvalue weighted by Crippen LogP contribution is 2.36. The van der Waals surface area contributed by atoms with Crippen LogP contribution in [0, 0.1) is 12.3 Å². The van der Waals surface area contributed by atoms with Crippen LogP contribution < -0.4 is 0 Å². The molecule has 0 saturated heterocycles. The maximum Gasteiger partial charge on any atom is 0.180 e. The zero-order valence-corrected chi connectivity index (χ0v) is 8.99. The summed E-state index contributed by atoms with van der Waals surface area (Å²) in [4.78, 5) is 11.3. The van der Waals surface area contributed by atoms with Crippen molar-refractivity contribution in [3.05, 3.63) is 0 Å². The van der Waals surface area contributed by atoms with Crippen molar-refractivity contribution in [1.82, 2.24) is 0 Å². The van der Waals surface area contributed by atoms with Gasteiger partial charge in [-0.2, -0.15) is 0 Å². The zero-order valence-electron chi connectivity index (χ0n) is 7.99. The summed E-state index contributed by atoms with van der Waals surface area (Å²) in [6.45, 7) is 10.3. The fourth-order valence-electron chi connectivity index (χ4n) is 0.521. The van der Waals surface area contributed by atoms with E-state index in [1.165, 1.54) is 0 Å². The summed E-state index contributed by atoms with van der Waals surface area (Å²) in [7, 11) is -1.88. The van der Waals surface area contributed by atoms with Crippen molar-refractivity contribution < 1.29 is 4.79 Å². The minimum atomic E-state index is -1.88. The predicted octanol–water partition coefficient (Wildman–Crippen LogP) is 2.24. The zero-order chi connectivity index (χ0) is 9.28. The Hall–Kier alpha value is -0.553. The van der Waals surface area contributed by atoms with Crippen LogP contribution in [0.25, 0.3) is 0 Å². The number of rotatable bonds is 1. The van der Waals surface area contributed by atoms with E-state index in [0.717, 1.165) is 0 Å². The molecule has 0 aromatic carbocycles. The SMILES string of the molecule is C#CC(=O)[Si](C)(C)C(C)(C)C. The first-order valence-electron chi connectivity index (χ1n) is 3.74. The monoisotopic (exact) mass is 168 g/mol. The summed E-state index contributed by atoms with van der Waals surface area (Å²) in [6, 6.07) is 0. The highest BCUT2D eigenvalue weighted by Gasteiger charge is 2.41. The second kappa shape index (κ2) is 2.82. The largest absolute Gasteiger partial charge is 0.291 e. The molecule has 11 heavy (non-hydrogen) atoms. The lowest BCUT2D eigenvalue weighted by Gasteiger charge is -2.33. The van der Waals surface area contributed by atoms with E-state index in [9.17, 15) is 4.79 Å². The summed E-state index contributed by atoms with van der Waals surface area (Å²) in [6.07, 6.45) is 5.09. The minimum absolute atomic E-state index is 0.0185. The first-order chi connectivity index (χ1) is 4.73. The first kappa shape index (κ1) is 10.4. The summed E-state index contributed by atoms with van der Waals surface area (Å²) in [5.41, 5.74) is 0. The van der Waals surface area contributed by atoms with E-state index in [1.54, 1.807) is 0 Å². The molecule has 0 heterocycles. The number of hydrogen-bond acceptors (Lipinski definition) is 1. The van der Waals surface area contributed by atoms with Gasteiger partial charge >= 0.3 is 0 Å². The fraction of sp³-hybridized carbons (Fsp3) is 0.667. The van der Waals surface area contributed by atoms with Crippen LogP contribution in [0.3, 0.4) is 0 Å². The van der Waals surface area contributed by atoms with Crippen molar-refractivity contribution in [2.45, 2.75) is 38.9 Å². The van der Waals surface area contributed by atoms with E-state index in [-0.39, 0.29) is 10.4 Å². The van der Waals surface area contributed by atoms with Crippen LogP contribution in [-0.2, 0) is 4.79 Å². The Morgan fingerprint density at radius 2 is 1.73 bits per heavy atom. The molecule has 0 aromatic rings. The molecule has 1 nitrogen and oxygen atoms in total. The van der Waals surface area contributed by atoms with E-state index in [2.05, 4.69) is 26.7 Å². The van der Waals surface area contributed by atoms with Gasteiger partial charge in [-0.3, -0.25) is 4.79 Å². The third kappa shape index (κ3) is 1.94. The Kier molecular flexibility index (Phi) is 2.68. The lowest BCUT2D eigenvalue weighted by atomic mass is 10.2. The molecule has 0 fully saturated rings. The summed E-state index contributed by atoms with van der Waals surface area (Å²) in [5, 5.41) is 0.0844. The van der Waals surface area contributed by atoms with Gasteiger partial charge in [0.2, 0.25) is 0 Å². The molecular weight excluding hydrogens is 152 g/mol. The topological polar surface area (TPSA) is 17.1 Å². The average Bonchev–Trinajstić information content (AvgIpc) is 1.83. The molecule has 0 aromatic heterocycles. The van der Waals surface area contributed by atoms with Gasteiger partial charge < -0.3 is 0 Å². The van der Waals surface area contributed by atoms with E-state index in [0.29, 0.717) is 0 Å². The van der Waals surface area contributed by atoms with Gasteiger partial charge in [-0.05, 0) is 11.0 Å². The Balaban J connectivity index is 4.77. The van der Waals surface area contributed by atoms with Gasteiger partial charge in [-0.25, -0.2) is 0 Å². The van der Waals surface area contributed by atoms with Gasteiger partial charge in [0.1, 0.15) is 8.07 Å². The smallest absolute Gasteiger partial charge is 0.180 e. The third-order valence-electron chi connectivity index (χ3n) is 2.57. The fourth-order valence-corrected chi connectivity index (χ4v) is 1.56. The van der Waals surface area contributed by atoms with Gasteiger partial charge in [0, 0.05) is 0 Å². The molecule has 0 radical (unpaired) electrons. The molecule has 0 aliphatic carbocycles. The van der Waals surface area contributed by atoms with Crippen LogP contribution in [0.15, 0.2) is 0 Å². The molecule has 62 valence electrons. The van der Waals surface area contributed by atoms with Gasteiger partial charge in [0.25, 0.3) is 0 Å². The number of terminal acetylenes is 1. The quantitative estimate of drug-likeness (QED) is 0.433. The first-order valence-corrected chi connectivity index (χ1v) is 6.74. The molecule has 0 bridgehead atoms. The maximum absolute atomic E-state index is 11.3. The highest BCUT2D eigenvalue weighted by atomic mass is 28.3. The molecule has 0 N–H and O–H groups in total.